The van der Waals surface area contributed by atoms with Crippen molar-refractivity contribution in [3.63, 3.8) is 0 Å². The van der Waals surface area contributed by atoms with Crippen molar-refractivity contribution in [1.82, 2.24) is 9.80 Å². The molecular formula is C15H29N3O. The Morgan fingerprint density at radius 1 is 1.26 bits per heavy atom. The number of nitrogens with zero attached hydrogens (tertiary/aromatic N) is 3. The Hall–Kier alpha value is -0.630. The summed E-state index contributed by atoms with van der Waals surface area (Å²) in [6, 6.07) is 2.69. The van der Waals surface area contributed by atoms with E-state index in [1.807, 2.05) is 13.8 Å². The van der Waals surface area contributed by atoms with Crippen LogP contribution in [0.3, 0.4) is 0 Å². The molecule has 1 unspecified atom stereocenters. The van der Waals surface area contributed by atoms with Crippen LogP contribution in [0.1, 0.15) is 40.0 Å². The van der Waals surface area contributed by atoms with Gasteiger partial charge in [0.15, 0.2) is 0 Å². The number of aliphatic hydroxyl groups is 1. The minimum atomic E-state index is -0.188. The van der Waals surface area contributed by atoms with Crippen LogP contribution in [-0.4, -0.2) is 60.3 Å². The smallest absolute Gasteiger partial charge is 0.0683 e. The molecule has 4 nitrogen and oxygen atoms in total. The summed E-state index contributed by atoms with van der Waals surface area (Å²) in [5.41, 5.74) is -0.188. The Balaban J connectivity index is 2.22. The molecule has 19 heavy (non-hydrogen) atoms. The monoisotopic (exact) mass is 267 g/mol. The first-order valence-electron chi connectivity index (χ1n) is 7.51. The molecular weight excluding hydrogens is 238 g/mol. The van der Waals surface area contributed by atoms with Crippen LogP contribution >= 0.6 is 0 Å². The van der Waals surface area contributed by atoms with Gasteiger partial charge in [-0.3, -0.25) is 4.90 Å². The SMILES string of the molecule is CCC(CO)N1CCN(CCCC(C)(C)C#N)CC1. The number of rotatable bonds is 7. The molecule has 1 heterocycles. The molecule has 0 amide bonds. The van der Waals surface area contributed by atoms with Gasteiger partial charge in [-0.15, -0.1) is 0 Å². The number of piperazine rings is 1. The van der Waals surface area contributed by atoms with Crippen LogP contribution in [0.5, 0.6) is 0 Å². The lowest BCUT2D eigenvalue weighted by molar-refractivity contribution is 0.0624. The van der Waals surface area contributed by atoms with E-state index in [0.29, 0.717) is 6.04 Å². The Bertz CT molecular complexity index is 286. The molecule has 1 aliphatic rings. The molecule has 110 valence electrons. The molecule has 0 aromatic carbocycles. The molecule has 0 spiro atoms. The first-order chi connectivity index (χ1) is 9.02. The van der Waals surface area contributed by atoms with E-state index in [9.17, 15) is 5.11 Å². The summed E-state index contributed by atoms with van der Waals surface area (Å²) in [4.78, 5) is 4.88. The van der Waals surface area contributed by atoms with Gasteiger partial charge in [0.05, 0.1) is 18.1 Å². The van der Waals surface area contributed by atoms with Gasteiger partial charge in [-0.2, -0.15) is 5.26 Å². The Morgan fingerprint density at radius 2 is 1.89 bits per heavy atom. The molecule has 1 saturated heterocycles. The van der Waals surface area contributed by atoms with Crippen LogP contribution in [0.25, 0.3) is 0 Å². The fraction of sp³-hybridized carbons (Fsp3) is 0.933. The van der Waals surface area contributed by atoms with E-state index in [-0.39, 0.29) is 12.0 Å². The van der Waals surface area contributed by atoms with E-state index < -0.39 is 0 Å². The quantitative estimate of drug-likeness (QED) is 0.763. The fourth-order valence-corrected chi connectivity index (χ4v) is 2.66. The van der Waals surface area contributed by atoms with Crippen LogP contribution in [-0.2, 0) is 0 Å². The molecule has 1 rings (SSSR count). The second kappa shape index (κ2) is 7.84. The minimum Gasteiger partial charge on any atom is -0.395 e. The molecule has 1 atom stereocenters. The average molecular weight is 267 g/mol. The van der Waals surface area contributed by atoms with E-state index in [0.717, 1.165) is 52.0 Å². The molecule has 0 bridgehead atoms. The first-order valence-corrected chi connectivity index (χ1v) is 7.51. The van der Waals surface area contributed by atoms with E-state index >= 15 is 0 Å². The van der Waals surface area contributed by atoms with Crippen molar-refractivity contribution in [1.29, 1.82) is 5.26 Å². The molecule has 0 radical (unpaired) electrons. The van der Waals surface area contributed by atoms with Crippen molar-refractivity contribution >= 4 is 0 Å². The third-order valence-corrected chi connectivity index (χ3v) is 4.18. The number of hydrogen-bond donors (Lipinski definition) is 1. The molecule has 0 aromatic heterocycles. The Labute approximate surface area is 118 Å². The summed E-state index contributed by atoms with van der Waals surface area (Å²) < 4.78 is 0. The molecule has 1 aliphatic heterocycles. The predicted molar refractivity (Wildman–Crippen MR) is 77.8 cm³/mol. The first kappa shape index (κ1) is 16.4. The van der Waals surface area contributed by atoms with E-state index in [1.54, 1.807) is 0 Å². The van der Waals surface area contributed by atoms with Crippen LogP contribution in [0.15, 0.2) is 0 Å². The third-order valence-electron chi connectivity index (χ3n) is 4.18. The van der Waals surface area contributed by atoms with Crippen LogP contribution in [0, 0.1) is 16.7 Å². The van der Waals surface area contributed by atoms with Crippen molar-refractivity contribution in [3.8, 4) is 6.07 Å². The van der Waals surface area contributed by atoms with Gasteiger partial charge in [0.2, 0.25) is 0 Å². The van der Waals surface area contributed by atoms with E-state index in [4.69, 9.17) is 5.26 Å². The zero-order chi connectivity index (χ0) is 14.3. The Morgan fingerprint density at radius 3 is 2.37 bits per heavy atom. The van der Waals surface area contributed by atoms with Gasteiger partial charge in [-0.25, -0.2) is 0 Å². The number of aliphatic hydroxyl groups excluding tert-OH is 1. The van der Waals surface area contributed by atoms with Gasteiger partial charge in [0.1, 0.15) is 0 Å². The minimum absolute atomic E-state index is 0.188. The molecule has 1 fully saturated rings. The molecule has 0 aliphatic carbocycles. The normalized spacial score (nSPS) is 20.2. The highest BCUT2D eigenvalue weighted by molar-refractivity contribution is 4.91. The zero-order valence-electron chi connectivity index (χ0n) is 12.7. The lowest BCUT2D eigenvalue weighted by Gasteiger charge is -2.38. The summed E-state index contributed by atoms with van der Waals surface area (Å²) in [6.07, 6.45) is 3.09. The van der Waals surface area contributed by atoms with Crippen molar-refractivity contribution < 1.29 is 5.11 Å². The van der Waals surface area contributed by atoms with Gasteiger partial charge in [-0.05, 0) is 39.7 Å². The van der Waals surface area contributed by atoms with Gasteiger partial charge >= 0.3 is 0 Å². The van der Waals surface area contributed by atoms with Crippen molar-refractivity contribution in [2.24, 2.45) is 5.41 Å². The summed E-state index contributed by atoms with van der Waals surface area (Å²) in [6.45, 7) is 11.8. The maximum atomic E-state index is 9.32. The standard InChI is InChI=1S/C15H29N3O/c1-4-14(12-19)18-10-8-17(9-11-18)7-5-6-15(2,3)13-16/h14,19H,4-12H2,1-3H3. The maximum absolute atomic E-state index is 9.32. The predicted octanol–water partition coefficient (Wildman–Crippen LogP) is 1.70. The van der Waals surface area contributed by atoms with Crippen LogP contribution in [0.4, 0.5) is 0 Å². The lowest BCUT2D eigenvalue weighted by atomic mass is 9.90. The van der Waals surface area contributed by atoms with Crippen molar-refractivity contribution in [2.75, 3.05) is 39.3 Å². The van der Waals surface area contributed by atoms with E-state index in [2.05, 4.69) is 22.8 Å². The topological polar surface area (TPSA) is 50.5 Å². The highest BCUT2D eigenvalue weighted by Crippen LogP contribution is 2.21. The largest absolute Gasteiger partial charge is 0.395 e. The summed E-state index contributed by atoms with van der Waals surface area (Å²) in [5, 5.41) is 18.3. The van der Waals surface area contributed by atoms with Crippen LogP contribution in [0.2, 0.25) is 0 Å². The molecule has 4 heteroatoms. The highest BCUT2D eigenvalue weighted by atomic mass is 16.3. The Kier molecular flexibility index (Phi) is 6.78. The number of hydrogen-bond acceptors (Lipinski definition) is 4. The number of nitriles is 1. The van der Waals surface area contributed by atoms with Gasteiger partial charge < -0.3 is 10.0 Å². The fourth-order valence-electron chi connectivity index (χ4n) is 2.66. The molecule has 0 aromatic rings. The van der Waals surface area contributed by atoms with Gasteiger partial charge in [0, 0.05) is 32.2 Å². The highest BCUT2D eigenvalue weighted by Gasteiger charge is 2.22. The summed E-state index contributed by atoms with van der Waals surface area (Å²) in [7, 11) is 0. The third kappa shape index (κ3) is 5.48. The second-order valence-corrected chi connectivity index (χ2v) is 6.22. The van der Waals surface area contributed by atoms with Gasteiger partial charge in [-0.1, -0.05) is 6.92 Å². The summed E-state index contributed by atoms with van der Waals surface area (Å²) in [5.74, 6) is 0. The zero-order valence-corrected chi connectivity index (χ0v) is 12.7. The van der Waals surface area contributed by atoms with Crippen molar-refractivity contribution in [3.05, 3.63) is 0 Å². The molecule has 1 N–H and O–H groups in total. The van der Waals surface area contributed by atoms with Gasteiger partial charge in [0.25, 0.3) is 0 Å². The maximum Gasteiger partial charge on any atom is 0.0683 e. The second-order valence-electron chi connectivity index (χ2n) is 6.22. The molecule has 0 saturated carbocycles. The van der Waals surface area contributed by atoms with E-state index in [1.165, 1.54) is 0 Å². The summed E-state index contributed by atoms with van der Waals surface area (Å²) >= 11 is 0. The average Bonchev–Trinajstić information content (AvgIpc) is 2.42. The lowest BCUT2D eigenvalue weighted by Crippen LogP contribution is -2.51. The van der Waals surface area contributed by atoms with Crippen LogP contribution < -0.4 is 0 Å². The van der Waals surface area contributed by atoms with Crippen molar-refractivity contribution in [2.45, 2.75) is 46.1 Å².